The fraction of sp³-hybridized carbons (Fsp3) is 0.0192. The first-order chi connectivity index (χ1) is 28.7. The lowest BCUT2D eigenvalue weighted by Crippen LogP contribution is -2.03. The van der Waals surface area contributed by atoms with Crippen LogP contribution in [0.25, 0.3) is 122 Å². The van der Waals surface area contributed by atoms with Crippen molar-refractivity contribution in [2.75, 3.05) is 0 Å². The number of fused-ring (bicyclic) bond motifs is 12. The van der Waals surface area contributed by atoms with Crippen LogP contribution in [0.2, 0.25) is 0 Å². The van der Waals surface area contributed by atoms with Gasteiger partial charge in [-0.15, -0.1) is 0 Å². The number of benzene rings is 8. The minimum atomic E-state index is 0.606. The predicted octanol–water partition coefficient (Wildman–Crippen LogP) is 13.3. The van der Waals surface area contributed by atoms with Crippen LogP contribution >= 0.6 is 0 Å². The fourth-order valence-corrected chi connectivity index (χ4v) is 9.54. The van der Waals surface area contributed by atoms with Gasteiger partial charge in [0.1, 0.15) is 5.58 Å². The van der Waals surface area contributed by atoms with Gasteiger partial charge in [0.15, 0.2) is 23.1 Å². The van der Waals surface area contributed by atoms with Crippen molar-refractivity contribution in [1.29, 1.82) is 0 Å². The molecule has 0 atom stereocenters. The van der Waals surface area contributed by atoms with Crippen LogP contribution in [0.15, 0.2) is 174 Å². The molecular weight excluding hydrogens is 711 g/mol. The van der Waals surface area contributed by atoms with Crippen molar-refractivity contribution in [2.45, 2.75) is 6.92 Å². The Hall–Kier alpha value is -7.83. The van der Waals surface area contributed by atoms with E-state index >= 15 is 0 Å². The van der Waals surface area contributed by atoms with Crippen molar-refractivity contribution in [3.63, 3.8) is 0 Å². The van der Waals surface area contributed by atoms with Gasteiger partial charge >= 0.3 is 0 Å². The number of aryl methyl sites for hydroxylation is 1. The van der Waals surface area contributed by atoms with E-state index in [4.69, 9.17) is 19.4 Å². The van der Waals surface area contributed by atoms with E-state index < -0.39 is 0 Å². The summed E-state index contributed by atoms with van der Waals surface area (Å²) in [6.45, 7) is 2.17. The monoisotopic (exact) mass is 741 g/mol. The molecule has 270 valence electrons. The summed E-state index contributed by atoms with van der Waals surface area (Å²) in [7, 11) is 0. The molecule has 0 fully saturated rings. The van der Waals surface area contributed by atoms with Crippen LogP contribution in [0.3, 0.4) is 0 Å². The number of rotatable bonds is 4. The van der Waals surface area contributed by atoms with Gasteiger partial charge in [-0.2, -0.15) is 0 Å². The summed E-state index contributed by atoms with van der Waals surface area (Å²) in [5.41, 5.74) is 12.3. The van der Waals surface area contributed by atoms with Crippen molar-refractivity contribution >= 4 is 81.8 Å². The van der Waals surface area contributed by atoms with Gasteiger partial charge in [-0.05, 0) is 48.9 Å². The number of para-hydroxylation sites is 4. The summed E-state index contributed by atoms with van der Waals surface area (Å²) in [4.78, 5) is 15.4. The highest BCUT2D eigenvalue weighted by molar-refractivity contribution is 6.26. The first-order valence-corrected chi connectivity index (χ1v) is 19.6. The zero-order valence-corrected chi connectivity index (χ0v) is 31.3. The highest BCUT2D eigenvalue weighted by Crippen LogP contribution is 2.46. The third kappa shape index (κ3) is 4.23. The van der Waals surface area contributed by atoms with Crippen LogP contribution in [0.5, 0.6) is 0 Å². The number of furan rings is 1. The predicted molar refractivity (Wildman–Crippen MR) is 237 cm³/mol. The average Bonchev–Trinajstić information content (AvgIpc) is 4.02. The third-order valence-electron chi connectivity index (χ3n) is 12.0. The first-order valence-electron chi connectivity index (χ1n) is 19.6. The molecule has 0 spiro atoms. The molecule has 0 aliphatic carbocycles. The zero-order chi connectivity index (χ0) is 38.1. The molecule has 0 bridgehead atoms. The van der Waals surface area contributed by atoms with E-state index in [9.17, 15) is 0 Å². The number of hydrogen-bond donors (Lipinski definition) is 0. The van der Waals surface area contributed by atoms with E-state index in [2.05, 4.69) is 119 Å². The van der Waals surface area contributed by atoms with Crippen LogP contribution in [-0.4, -0.2) is 23.9 Å². The van der Waals surface area contributed by atoms with Crippen molar-refractivity contribution in [3.8, 4) is 39.9 Å². The van der Waals surface area contributed by atoms with Gasteiger partial charge in [0.25, 0.3) is 0 Å². The molecule has 5 aromatic heterocycles. The number of nitrogens with zero attached hydrogens (tertiary/aromatic N) is 5. The second-order valence-corrected chi connectivity index (χ2v) is 15.2. The van der Waals surface area contributed by atoms with Crippen molar-refractivity contribution < 1.29 is 4.42 Å². The molecule has 0 saturated heterocycles. The minimum absolute atomic E-state index is 0.606. The molecule has 6 nitrogen and oxygen atoms in total. The fourth-order valence-electron chi connectivity index (χ4n) is 9.54. The van der Waals surface area contributed by atoms with Crippen molar-refractivity contribution in [2.24, 2.45) is 0 Å². The van der Waals surface area contributed by atoms with E-state index in [0.29, 0.717) is 17.5 Å². The Labute approximate surface area is 331 Å². The molecule has 0 N–H and O–H groups in total. The maximum absolute atomic E-state index is 6.99. The Balaban J connectivity index is 1.15. The van der Waals surface area contributed by atoms with E-state index in [1.807, 2.05) is 66.7 Å². The molecule has 5 heterocycles. The largest absolute Gasteiger partial charge is 0.454 e. The van der Waals surface area contributed by atoms with Gasteiger partial charge < -0.3 is 13.4 Å². The Morgan fingerprint density at radius 1 is 0.431 bits per heavy atom. The quantitative estimate of drug-likeness (QED) is 0.180. The normalized spacial score (nSPS) is 12.2. The lowest BCUT2D eigenvalue weighted by atomic mass is 9.99. The van der Waals surface area contributed by atoms with Gasteiger partial charge in [-0.1, -0.05) is 133 Å². The SMILES string of the molecule is Cc1cc(-n2c3ccccc3c3cc4c5cccc6c7ccccc7n(c4cc32)c65)c2oc3ccccc3c2c1-c1nc(-c2ccccc2)nc(-c2ccccc2)n1. The molecule has 8 aromatic carbocycles. The standard InChI is InChI=1S/C52H31N5O/c1-30-27-44(56-40-24-11-9-20-34(40)38-28-39-36-23-14-22-35-33-19-8-12-25-41(33)57(48(35)36)43(39)29-42(38)56)49-47(37-21-10-13-26-45(37)58-49)46(30)52-54-50(31-15-4-2-5-16-31)53-51(55-52)32-17-6-3-7-18-32/h2-29H,1H3. The van der Waals surface area contributed by atoms with Gasteiger partial charge in [0, 0.05) is 59.8 Å². The molecule has 6 heteroatoms. The molecule has 0 unspecified atom stereocenters. The van der Waals surface area contributed by atoms with Gasteiger partial charge in [0.05, 0.1) is 33.3 Å². The summed E-state index contributed by atoms with van der Waals surface area (Å²) >= 11 is 0. The number of aromatic nitrogens is 5. The summed E-state index contributed by atoms with van der Waals surface area (Å²) in [6.07, 6.45) is 0. The van der Waals surface area contributed by atoms with E-state index in [1.54, 1.807) is 0 Å². The maximum atomic E-state index is 6.99. The van der Waals surface area contributed by atoms with Crippen molar-refractivity contribution in [1.82, 2.24) is 23.9 Å². The third-order valence-corrected chi connectivity index (χ3v) is 12.0. The van der Waals surface area contributed by atoms with Crippen LogP contribution in [-0.2, 0) is 0 Å². The van der Waals surface area contributed by atoms with Gasteiger partial charge in [0.2, 0.25) is 0 Å². The van der Waals surface area contributed by atoms with E-state index in [-0.39, 0.29) is 0 Å². The summed E-state index contributed by atoms with van der Waals surface area (Å²) in [6, 6.07) is 59.8. The first kappa shape index (κ1) is 31.4. The second-order valence-electron chi connectivity index (χ2n) is 15.2. The van der Waals surface area contributed by atoms with E-state index in [1.165, 1.54) is 48.9 Å². The molecule has 0 saturated carbocycles. The average molecular weight is 742 g/mol. The Morgan fingerprint density at radius 2 is 0.983 bits per heavy atom. The smallest absolute Gasteiger partial charge is 0.165 e. The minimum Gasteiger partial charge on any atom is -0.454 e. The molecule has 0 aliphatic rings. The summed E-state index contributed by atoms with van der Waals surface area (Å²) < 4.78 is 11.8. The molecule has 58 heavy (non-hydrogen) atoms. The Bertz CT molecular complexity index is 3740. The molecule has 13 aromatic rings. The molecule has 0 aliphatic heterocycles. The zero-order valence-electron chi connectivity index (χ0n) is 31.3. The van der Waals surface area contributed by atoms with Gasteiger partial charge in [-0.3, -0.25) is 0 Å². The highest BCUT2D eigenvalue weighted by Gasteiger charge is 2.26. The Kier molecular flexibility index (Phi) is 6.28. The maximum Gasteiger partial charge on any atom is 0.165 e. The van der Waals surface area contributed by atoms with E-state index in [0.717, 1.165) is 60.9 Å². The molecular formula is C52H31N5O. The summed E-state index contributed by atoms with van der Waals surface area (Å²) in [5.74, 6) is 1.85. The number of hydrogen-bond acceptors (Lipinski definition) is 4. The molecule has 0 radical (unpaired) electrons. The lowest BCUT2D eigenvalue weighted by Gasteiger charge is -2.15. The van der Waals surface area contributed by atoms with Crippen LogP contribution in [0, 0.1) is 6.92 Å². The highest BCUT2D eigenvalue weighted by atomic mass is 16.3. The Morgan fingerprint density at radius 3 is 1.71 bits per heavy atom. The topological polar surface area (TPSA) is 61.2 Å². The van der Waals surface area contributed by atoms with Gasteiger partial charge in [-0.25, -0.2) is 15.0 Å². The van der Waals surface area contributed by atoms with Crippen LogP contribution < -0.4 is 0 Å². The summed E-state index contributed by atoms with van der Waals surface area (Å²) in [5, 5.41) is 9.45. The molecule has 0 amide bonds. The van der Waals surface area contributed by atoms with Crippen LogP contribution in [0.1, 0.15) is 5.56 Å². The van der Waals surface area contributed by atoms with Crippen LogP contribution in [0.4, 0.5) is 0 Å². The molecule has 13 rings (SSSR count). The lowest BCUT2D eigenvalue weighted by molar-refractivity contribution is 0.666. The van der Waals surface area contributed by atoms with Crippen molar-refractivity contribution in [3.05, 3.63) is 175 Å². The second kappa shape index (κ2) is 11.6.